The van der Waals surface area contributed by atoms with E-state index in [0.717, 1.165) is 25.0 Å². The molecular formula is C13H18F2N2O2S. The maximum Gasteiger partial charge on any atom is 0.243 e. The molecule has 0 aliphatic heterocycles. The first-order valence-electron chi connectivity index (χ1n) is 6.40. The molecule has 0 bridgehead atoms. The van der Waals surface area contributed by atoms with Crippen molar-refractivity contribution in [1.82, 2.24) is 4.72 Å². The normalized spacial score (nSPS) is 22.1. The summed E-state index contributed by atoms with van der Waals surface area (Å²) in [4.78, 5) is -0.738. The molecule has 0 radical (unpaired) electrons. The van der Waals surface area contributed by atoms with Gasteiger partial charge in [0.25, 0.3) is 0 Å². The smallest absolute Gasteiger partial charge is 0.243 e. The van der Waals surface area contributed by atoms with Crippen LogP contribution in [-0.2, 0) is 10.0 Å². The lowest BCUT2D eigenvalue weighted by Crippen LogP contribution is -2.41. The number of hydrogen-bond acceptors (Lipinski definition) is 3. The number of nitrogens with one attached hydrogen (secondary N) is 1. The van der Waals surface area contributed by atoms with Crippen molar-refractivity contribution in [2.75, 3.05) is 5.73 Å². The van der Waals surface area contributed by atoms with Gasteiger partial charge in [0.05, 0.1) is 0 Å². The van der Waals surface area contributed by atoms with Crippen molar-refractivity contribution in [3.05, 3.63) is 23.8 Å². The van der Waals surface area contributed by atoms with E-state index in [-0.39, 0.29) is 17.1 Å². The lowest BCUT2D eigenvalue weighted by molar-refractivity contribution is 0.312. The Labute approximate surface area is 117 Å². The zero-order valence-corrected chi connectivity index (χ0v) is 12.2. The monoisotopic (exact) mass is 304 g/mol. The Kier molecular flexibility index (Phi) is 3.77. The Morgan fingerprint density at radius 1 is 1.35 bits per heavy atom. The van der Waals surface area contributed by atoms with Crippen LogP contribution in [0, 0.1) is 17.0 Å². The van der Waals surface area contributed by atoms with Crippen LogP contribution in [0.25, 0.3) is 0 Å². The third-order valence-electron chi connectivity index (χ3n) is 3.86. The Balaban J connectivity index is 2.37. The molecule has 1 aliphatic rings. The highest BCUT2D eigenvalue weighted by atomic mass is 32.2. The Bertz CT molecular complexity index is 630. The quantitative estimate of drug-likeness (QED) is 0.842. The van der Waals surface area contributed by atoms with E-state index in [1.54, 1.807) is 0 Å². The van der Waals surface area contributed by atoms with E-state index < -0.39 is 26.6 Å². The molecular weight excluding hydrogens is 286 g/mol. The first-order valence-corrected chi connectivity index (χ1v) is 7.89. The summed E-state index contributed by atoms with van der Waals surface area (Å²) < 4.78 is 53.9. The fraction of sp³-hybridized carbons (Fsp3) is 0.538. The zero-order valence-electron chi connectivity index (χ0n) is 11.4. The maximum atomic E-state index is 13.7. The molecule has 1 saturated carbocycles. The van der Waals surface area contributed by atoms with Crippen LogP contribution in [0.2, 0.25) is 0 Å². The minimum atomic E-state index is -4.14. The van der Waals surface area contributed by atoms with Gasteiger partial charge in [0.1, 0.15) is 4.90 Å². The number of nitrogens with two attached hydrogens (primary N) is 1. The molecule has 0 saturated heterocycles. The Hall–Kier alpha value is -1.21. The maximum absolute atomic E-state index is 13.7. The standard InChI is InChI=1S/C13H18F2N2O2S/c1-13(2)5-3-4-11(13)17-20(18,19)10-7-8(16)6-9(14)12(10)15/h6-7,11,17H,3-5,16H2,1-2H3. The van der Waals surface area contributed by atoms with Gasteiger partial charge in [-0.15, -0.1) is 0 Å². The first kappa shape index (κ1) is 15.2. The van der Waals surface area contributed by atoms with Crippen LogP contribution in [0.15, 0.2) is 17.0 Å². The predicted molar refractivity (Wildman–Crippen MR) is 72.5 cm³/mol. The number of anilines is 1. The molecule has 1 aliphatic carbocycles. The van der Waals surface area contributed by atoms with Gasteiger partial charge >= 0.3 is 0 Å². The second-order valence-corrected chi connectivity index (χ2v) is 7.55. The molecule has 1 aromatic rings. The fourth-order valence-corrected chi connectivity index (χ4v) is 4.14. The topological polar surface area (TPSA) is 72.2 Å². The third-order valence-corrected chi connectivity index (χ3v) is 5.33. The Morgan fingerprint density at radius 3 is 2.55 bits per heavy atom. The molecule has 7 heteroatoms. The van der Waals surface area contributed by atoms with Gasteiger partial charge in [0.2, 0.25) is 10.0 Å². The van der Waals surface area contributed by atoms with Gasteiger partial charge in [-0.2, -0.15) is 0 Å². The van der Waals surface area contributed by atoms with E-state index in [0.29, 0.717) is 6.42 Å². The van der Waals surface area contributed by atoms with Crippen molar-refractivity contribution in [1.29, 1.82) is 0 Å². The number of rotatable bonds is 3. The summed E-state index contributed by atoms with van der Waals surface area (Å²) in [6.07, 6.45) is 2.46. The summed E-state index contributed by atoms with van der Waals surface area (Å²) in [5.74, 6) is -2.67. The number of sulfonamides is 1. The van der Waals surface area contributed by atoms with Crippen molar-refractivity contribution in [3.8, 4) is 0 Å². The molecule has 0 aromatic heterocycles. The molecule has 3 N–H and O–H groups in total. The van der Waals surface area contributed by atoms with E-state index in [2.05, 4.69) is 4.72 Å². The predicted octanol–water partition coefficient (Wildman–Crippen LogP) is 2.40. The van der Waals surface area contributed by atoms with Gasteiger partial charge in [-0.05, 0) is 30.4 Å². The van der Waals surface area contributed by atoms with E-state index in [1.165, 1.54) is 0 Å². The summed E-state index contributed by atoms with van der Waals surface area (Å²) in [5.41, 5.74) is 5.05. The summed E-state index contributed by atoms with van der Waals surface area (Å²) in [6, 6.07) is 1.40. The van der Waals surface area contributed by atoms with E-state index in [9.17, 15) is 17.2 Å². The van der Waals surface area contributed by atoms with E-state index in [1.807, 2.05) is 13.8 Å². The molecule has 1 atom stereocenters. The second-order valence-electron chi connectivity index (χ2n) is 5.87. The summed E-state index contributed by atoms with van der Waals surface area (Å²) >= 11 is 0. The lowest BCUT2D eigenvalue weighted by Gasteiger charge is -2.27. The van der Waals surface area contributed by atoms with Crippen molar-refractivity contribution in [2.45, 2.75) is 44.0 Å². The van der Waals surface area contributed by atoms with Crippen LogP contribution in [-0.4, -0.2) is 14.5 Å². The summed E-state index contributed by atoms with van der Waals surface area (Å²) in [5, 5.41) is 0. The Morgan fingerprint density at radius 2 is 2.00 bits per heavy atom. The molecule has 20 heavy (non-hydrogen) atoms. The second kappa shape index (κ2) is 4.96. The molecule has 0 amide bonds. The molecule has 1 aromatic carbocycles. The minimum absolute atomic E-state index is 0.130. The van der Waals surface area contributed by atoms with E-state index >= 15 is 0 Å². The first-order chi connectivity index (χ1) is 9.13. The van der Waals surface area contributed by atoms with Crippen LogP contribution in [0.4, 0.5) is 14.5 Å². The van der Waals surface area contributed by atoms with Crippen LogP contribution in [0.5, 0.6) is 0 Å². The average molecular weight is 304 g/mol. The zero-order chi connectivity index (χ0) is 15.1. The number of nitrogen functional groups attached to an aromatic ring is 1. The highest BCUT2D eigenvalue weighted by Gasteiger charge is 2.38. The van der Waals surface area contributed by atoms with E-state index in [4.69, 9.17) is 5.73 Å². The minimum Gasteiger partial charge on any atom is -0.399 e. The fourth-order valence-electron chi connectivity index (χ4n) is 2.58. The van der Waals surface area contributed by atoms with Crippen LogP contribution < -0.4 is 10.5 Å². The van der Waals surface area contributed by atoms with Crippen LogP contribution in [0.1, 0.15) is 33.1 Å². The van der Waals surface area contributed by atoms with Gasteiger partial charge in [0.15, 0.2) is 11.6 Å². The van der Waals surface area contributed by atoms with Gasteiger partial charge in [0, 0.05) is 11.7 Å². The molecule has 112 valence electrons. The van der Waals surface area contributed by atoms with Crippen molar-refractivity contribution < 1.29 is 17.2 Å². The third kappa shape index (κ3) is 2.78. The van der Waals surface area contributed by atoms with Crippen LogP contribution in [0.3, 0.4) is 0 Å². The largest absolute Gasteiger partial charge is 0.399 e. The summed E-state index contributed by atoms with van der Waals surface area (Å²) in [7, 11) is -4.14. The SMILES string of the molecule is CC1(C)CCCC1NS(=O)(=O)c1cc(N)cc(F)c1F. The summed E-state index contributed by atoms with van der Waals surface area (Å²) in [6.45, 7) is 3.90. The molecule has 2 rings (SSSR count). The van der Waals surface area contributed by atoms with Gasteiger partial charge < -0.3 is 5.73 Å². The van der Waals surface area contributed by atoms with Crippen LogP contribution >= 0.6 is 0 Å². The molecule has 1 unspecified atom stereocenters. The van der Waals surface area contributed by atoms with Gasteiger partial charge in [-0.3, -0.25) is 0 Å². The average Bonchev–Trinajstić information content (AvgIpc) is 2.62. The molecule has 1 fully saturated rings. The lowest BCUT2D eigenvalue weighted by atomic mass is 9.88. The molecule has 4 nitrogen and oxygen atoms in total. The van der Waals surface area contributed by atoms with Crippen molar-refractivity contribution in [3.63, 3.8) is 0 Å². The highest BCUT2D eigenvalue weighted by Crippen LogP contribution is 2.38. The highest BCUT2D eigenvalue weighted by molar-refractivity contribution is 7.89. The van der Waals surface area contributed by atoms with Gasteiger partial charge in [-0.25, -0.2) is 21.9 Å². The number of benzene rings is 1. The van der Waals surface area contributed by atoms with Crippen molar-refractivity contribution in [2.24, 2.45) is 5.41 Å². The molecule has 0 spiro atoms. The number of halogens is 2. The van der Waals surface area contributed by atoms with Crippen molar-refractivity contribution >= 4 is 15.7 Å². The molecule has 0 heterocycles. The number of hydrogen-bond donors (Lipinski definition) is 2. The van der Waals surface area contributed by atoms with Gasteiger partial charge in [-0.1, -0.05) is 20.3 Å².